The van der Waals surface area contributed by atoms with Gasteiger partial charge >= 0.3 is 5.69 Å². The van der Waals surface area contributed by atoms with Crippen LogP contribution < -0.4 is 4.90 Å². The van der Waals surface area contributed by atoms with Crippen molar-refractivity contribution in [1.82, 2.24) is 9.97 Å². The lowest BCUT2D eigenvalue weighted by atomic mass is 10.2. The molecule has 19 heavy (non-hydrogen) atoms. The fraction of sp³-hybridized carbons (Fsp3) is 0.167. The molecule has 0 spiro atoms. The van der Waals surface area contributed by atoms with Crippen molar-refractivity contribution in [2.75, 3.05) is 11.9 Å². The Kier molecular flexibility index (Phi) is 3.91. The van der Waals surface area contributed by atoms with Gasteiger partial charge in [-0.15, -0.1) is 0 Å². The molecule has 2 aromatic heterocycles. The molecule has 0 radical (unpaired) electrons. The van der Waals surface area contributed by atoms with Crippen LogP contribution in [0.2, 0.25) is 5.15 Å². The van der Waals surface area contributed by atoms with Gasteiger partial charge in [-0.05, 0) is 23.8 Å². The number of halogens is 1. The Balaban J connectivity index is 2.30. The van der Waals surface area contributed by atoms with Crippen molar-refractivity contribution in [2.24, 2.45) is 0 Å². The minimum Gasteiger partial charge on any atom is -0.350 e. The maximum Gasteiger partial charge on any atom is 0.311 e. The number of hydrogen-bond donors (Lipinski definition) is 0. The highest BCUT2D eigenvalue weighted by atomic mass is 35.5. The number of nitrogens with zero attached hydrogens (tertiary/aromatic N) is 4. The molecule has 0 aliphatic heterocycles. The lowest BCUT2D eigenvalue weighted by Gasteiger charge is -2.18. The number of rotatable bonds is 4. The van der Waals surface area contributed by atoms with Gasteiger partial charge in [0.15, 0.2) is 0 Å². The fourth-order valence-corrected chi connectivity index (χ4v) is 1.82. The Hall–Kier alpha value is -2.21. The van der Waals surface area contributed by atoms with Crippen molar-refractivity contribution in [1.29, 1.82) is 0 Å². The zero-order valence-corrected chi connectivity index (χ0v) is 10.9. The first-order valence-electron chi connectivity index (χ1n) is 5.49. The first-order chi connectivity index (χ1) is 9.08. The van der Waals surface area contributed by atoms with Gasteiger partial charge in [0.2, 0.25) is 5.82 Å². The molecule has 0 amide bonds. The standard InChI is InChI=1S/C12H11ClN4O2/c1-16(8-9-4-6-14-7-5-9)12-10(17(18)19)2-3-11(13)15-12/h2-7H,8H2,1H3. The molecule has 0 fully saturated rings. The molecule has 0 atom stereocenters. The molecule has 7 heteroatoms. The summed E-state index contributed by atoms with van der Waals surface area (Å²) in [4.78, 5) is 20.1. The monoisotopic (exact) mass is 278 g/mol. The van der Waals surface area contributed by atoms with Crippen LogP contribution in [0.5, 0.6) is 0 Å². The number of nitro groups is 1. The first-order valence-corrected chi connectivity index (χ1v) is 5.86. The van der Waals surface area contributed by atoms with Crippen LogP contribution in [0.15, 0.2) is 36.7 Å². The highest BCUT2D eigenvalue weighted by molar-refractivity contribution is 6.29. The Morgan fingerprint density at radius 3 is 2.63 bits per heavy atom. The van der Waals surface area contributed by atoms with Crippen LogP contribution in [0.25, 0.3) is 0 Å². The largest absolute Gasteiger partial charge is 0.350 e. The van der Waals surface area contributed by atoms with Crippen LogP contribution in [-0.2, 0) is 6.54 Å². The second-order valence-electron chi connectivity index (χ2n) is 3.95. The molecule has 0 aromatic carbocycles. The van der Waals surface area contributed by atoms with Gasteiger partial charge in [0.05, 0.1) is 4.92 Å². The molecule has 2 rings (SSSR count). The van der Waals surface area contributed by atoms with E-state index in [0.717, 1.165) is 5.56 Å². The fourth-order valence-electron chi connectivity index (χ4n) is 1.68. The second-order valence-corrected chi connectivity index (χ2v) is 4.33. The van der Waals surface area contributed by atoms with Crippen LogP contribution in [0.3, 0.4) is 0 Å². The molecule has 2 aromatic rings. The predicted octanol–water partition coefficient (Wildman–Crippen LogP) is 2.67. The minimum atomic E-state index is -0.471. The van der Waals surface area contributed by atoms with Crippen LogP contribution >= 0.6 is 11.6 Å². The zero-order valence-electron chi connectivity index (χ0n) is 10.2. The quantitative estimate of drug-likeness (QED) is 0.488. The van der Waals surface area contributed by atoms with Gasteiger partial charge < -0.3 is 4.90 Å². The van der Waals surface area contributed by atoms with Crippen LogP contribution in [0.1, 0.15) is 5.56 Å². The summed E-state index contributed by atoms with van der Waals surface area (Å²) in [5, 5.41) is 11.2. The predicted molar refractivity (Wildman–Crippen MR) is 72.2 cm³/mol. The molecule has 0 aliphatic rings. The van der Waals surface area contributed by atoms with E-state index in [4.69, 9.17) is 11.6 Å². The van der Waals surface area contributed by atoms with E-state index in [1.807, 2.05) is 12.1 Å². The highest BCUT2D eigenvalue weighted by Crippen LogP contribution is 2.27. The van der Waals surface area contributed by atoms with Crippen molar-refractivity contribution in [3.05, 3.63) is 57.5 Å². The van der Waals surface area contributed by atoms with E-state index in [9.17, 15) is 10.1 Å². The Labute approximate surface area is 114 Å². The molecule has 0 N–H and O–H groups in total. The Morgan fingerprint density at radius 2 is 2.00 bits per heavy atom. The second kappa shape index (κ2) is 5.62. The number of pyridine rings is 2. The number of aromatic nitrogens is 2. The molecule has 0 unspecified atom stereocenters. The minimum absolute atomic E-state index is 0.0686. The van der Waals surface area contributed by atoms with Gasteiger partial charge in [-0.2, -0.15) is 0 Å². The molecular formula is C12H11ClN4O2. The zero-order chi connectivity index (χ0) is 13.8. The SMILES string of the molecule is CN(Cc1ccncc1)c1nc(Cl)ccc1[N+](=O)[O-]. The van der Waals surface area contributed by atoms with Crippen molar-refractivity contribution < 1.29 is 4.92 Å². The first kappa shape index (κ1) is 13.2. The van der Waals surface area contributed by atoms with E-state index >= 15 is 0 Å². The van der Waals surface area contributed by atoms with Crippen LogP contribution in [-0.4, -0.2) is 21.9 Å². The van der Waals surface area contributed by atoms with Gasteiger partial charge in [-0.1, -0.05) is 11.6 Å². The molecule has 0 aliphatic carbocycles. The van der Waals surface area contributed by atoms with Gasteiger partial charge in [-0.3, -0.25) is 15.1 Å². The average Bonchev–Trinajstić information content (AvgIpc) is 2.39. The summed E-state index contributed by atoms with van der Waals surface area (Å²) in [6, 6.07) is 6.44. The number of hydrogen-bond acceptors (Lipinski definition) is 5. The highest BCUT2D eigenvalue weighted by Gasteiger charge is 2.19. The third-order valence-corrected chi connectivity index (χ3v) is 2.76. The van der Waals surface area contributed by atoms with Gasteiger partial charge in [0.25, 0.3) is 0 Å². The lowest BCUT2D eigenvalue weighted by molar-refractivity contribution is -0.384. The van der Waals surface area contributed by atoms with E-state index in [-0.39, 0.29) is 16.7 Å². The molecule has 2 heterocycles. The van der Waals surface area contributed by atoms with E-state index in [2.05, 4.69) is 9.97 Å². The molecule has 98 valence electrons. The third kappa shape index (κ3) is 3.17. The van der Waals surface area contributed by atoms with E-state index < -0.39 is 4.92 Å². The summed E-state index contributed by atoms with van der Waals surface area (Å²) in [5.41, 5.74) is 0.912. The summed E-state index contributed by atoms with van der Waals surface area (Å²) in [7, 11) is 1.73. The number of anilines is 1. The summed E-state index contributed by atoms with van der Waals surface area (Å²) in [6.45, 7) is 0.483. The van der Waals surface area contributed by atoms with Crippen molar-refractivity contribution in [3.8, 4) is 0 Å². The van der Waals surface area contributed by atoms with Crippen molar-refractivity contribution >= 4 is 23.1 Å². The maximum atomic E-state index is 11.0. The summed E-state index contributed by atoms with van der Waals surface area (Å²) in [6.07, 6.45) is 3.34. The topological polar surface area (TPSA) is 72.2 Å². The van der Waals surface area contributed by atoms with Crippen LogP contribution in [0.4, 0.5) is 11.5 Å². The van der Waals surface area contributed by atoms with Gasteiger partial charge in [0.1, 0.15) is 5.15 Å². The van der Waals surface area contributed by atoms with E-state index in [1.165, 1.54) is 12.1 Å². The lowest BCUT2D eigenvalue weighted by Crippen LogP contribution is -2.19. The normalized spacial score (nSPS) is 10.2. The summed E-state index contributed by atoms with van der Waals surface area (Å²) >= 11 is 5.80. The molecule has 6 nitrogen and oxygen atoms in total. The third-order valence-electron chi connectivity index (χ3n) is 2.55. The molecule has 0 bridgehead atoms. The van der Waals surface area contributed by atoms with Crippen molar-refractivity contribution in [2.45, 2.75) is 6.54 Å². The molecular weight excluding hydrogens is 268 g/mol. The van der Waals surface area contributed by atoms with E-state index in [1.54, 1.807) is 24.3 Å². The average molecular weight is 279 g/mol. The van der Waals surface area contributed by atoms with Gasteiger partial charge in [-0.25, -0.2) is 4.98 Å². The maximum absolute atomic E-state index is 11.0. The van der Waals surface area contributed by atoms with Gasteiger partial charge in [0, 0.05) is 32.1 Å². The Bertz CT molecular complexity index is 592. The Morgan fingerprint density at radius 1 is 1.32 bits per heavy atom. The van der Waals surface area contributed by atoms with Crippen LogP contribution in [0, 0.1) is 10.1 Å². The molecule has 0 saturated heterocycles. The summed E-state index contributed by atoms with van der Waals surface area (Å²) in [5.74, 6) is 0.245. The smallest absolute Gasteiger partial charge is 0.311 e. The van der Waals surface area contributed by atoms with E-state index in [0.29, 0.717) is 6.54 Å². The van der Waals surface area contributed by atoms with Crippen molar-refractivity contribution in [3.63, 3.8) is 0 Å². The molecule has 0 saturated carbocycles. The summed E-state index contributed by atoms with van der Waals surface area (Å²) < 4.78 is 0.